The Bertz CT molecular complexity index is 924. The van der Waals surface area contributed by atoms with E-state index in [1.807, 2.05) is 17.0 Å². The number of para-hydroxylation sites is 1. The highest BCUT2D eigenvalue weighted by Gasteiger charge is 2.48. The van der Waals surface area contributed by atoms with Crippen LogP contribution in [0.5, 0.6) is 0 Å². The van der Waals surface area contributed by atoms with E-state index in [4.69, 9.17) is 34.8 Å². The fourth-order valence-corrected chi connectivity index (χ4v) is 3.66. The van der Waals surface area contributed by atoms with Gasteiger partial charge in [0.15, 0.2) is 5.03 Å². The van der Waals surface area contributed by atoms with Crippen molar-refractivity contribution in [2.45, 2.75) is 6.42 Å². The molecule has 25 heavy (non-hydrogen) atoms. The molecule has 1 aromatic heterocycles. The molecule has 0 spiro atoms. The van der Waals surface area contributed by atoms with E-state index in [9.17, 15) is 10.1 Å². The normalized spacial score (nSPS) is 22.6. The van der Waals surface area contributed by atoms with Gasteiger partial charge in [-0.2, -0.15) is 4.68 Å². The summed E-state index contributed by atoms with van der Waals surface area (Å²) in [7, 11) is 0. The minimum absolute atomic E-state index is 0.245. The van der Waals surface area contributed by atoms with Crippen molar-refractivity contribution in [2.75, 3.05) is 13.1 Å². The Labute approximate surface area is 157 Å². The SMILES string of the molecule is O=[N+]([O-])/C(C(Cl)=C(Cl)Cl)=C(/N1C[C@H]2C[C@H]2C1)n1nnc2ccccc21. The molecule has 2 aromatic rings. The van der Waals surface area contributed by atoms with Gasteiger partial charge in [0.2, 0.25) is 5.82 Å². The number of allylic oxidation sites excluding steroid dienone is 1. The summed E-state index contributed by atoms with van der Waals surface area (Å²) < 4.78 is 1.08. The van der Waals surface area contributed by atoms with Gasteiger partial charge < -0.3 is 4.90 Å². The topological polar surface area (TPSA) is 77.1 Å². The number of hydrogen-bond donors (Lipinski definition) is 0. The number of nitro groups is 1. The van der Waals surface area contributed by atoms with E-state index in [0.29, 0.717) is 36.0 Å². The molecule has 0 N–H and O–H groups in total. The van der Waals surface area contributed by atoms with Gasteiger partial charge in [-0.3, -0.25) is 10.1 Å². The van der Waals surface area contributed by atoms with Crippen molar-refractivity contribution in [1.29, 1.82) is 0 Å². The lowest BCUT2D eigenvalue weighted by atomic mass is 10.3. The Morgan fingerprint density at radius 1 is 1.20 bits per heavy atom. The van der Waals surface area contributed by atoms with Gasteiger partial charge in [0.25, 0.3) is 0 Å². The molecule has 1 aromatic carbocycles. The summed E-state index contributed by atoms with van der Waals surface area (Å²) in [6.07, 6.45) is 1.15. The first-order valence-electron chi connectivity index (χ1n) is 7.63. The maximum Gasteiger partial charge on any atom is 0.332 e. The fourth-order valence-electron chi connectivity index (χ4n) is 3.33. The number of fused-ring (bicyclic) bond motifs is 2. The first-order chi connectivity index (χ1) is 12.0. The summed E-state index contributed by atoms with van der Waals surface area (Å²) in [6.45, 7) is 1.41. The summed E-state index contributed by atoms with van der Waals surface area (Å²) in [5.74, 6) is 1.34. The number of aromatic nitrogens is 3. The summed E-state index contributed by atoms with van der Waals surface area (Å²) >= 11 is 17.6. The van der Waals surface area contributed by atoms with Gasteiger partial charge >= 0.3 is 5.70 Å². The van der Waals surface area contributed by atoms with Crippen LogP contribution in [0.3, 0.4) is 0 Å². The van der Waals surface area contributed by atoms with Crippen LogP contribution in [0.1, 0.15) is 6.42 Å². The van der Waals surface area contributed by atoms with Crippen LogP contribution in [0.2, 0.25) is 0 Å². The largest absolute Gasteiger partial charge is 0.350 e. The zero-order valence-electron chi connectivity index (χ0n) is 12.8. The highest BCUT2D eigenvalue weighted by Crippen LogP contribution is 2.47. The zero-order chi connectivity index (χ0) is 17.7. The molecular formula is C15H12Cl3N5O2. The molecule has 4 rings (SSSR count). The summed E-state index contributed by atoms with van der Waals surface area (Å²) in [6, 6.07) is 7.23. The smallest absolute Gasteiger partial charge is 0.332 e. The first-order valence-corrected chi connectivity index (χ1v) is 8.76. The Hall–Kier alpha value is -1.83. The van der Waals surface area contributed by atoms with Crippen molar-refractivity contribution in [3.05, 3.63) is 49.6 Å². The van der Waals surface area contributed by atoms with Crippen molar-refractivity contribution in [3.8, 4) is 0 Å². The molecule has 1 aliphatic heterocycles. The second-order valence-electron chi connectivity index (χ2n) is 6.15. The van der Waals surface area contributed by atoms with Crippen LogP contribution in [0, 0.1) is 22.0 Å². The lowest BCUT2D eigenvalue weighted by Crippen LogP contribution is -2.28. The highest BCUT2D eigenvalue weighted by molar-refractivity contribution is 6.59. The summed E-state index contributed by atoms with van der Waals surface area (Å²) in [4.78, 5) is 13.1. The molecule has 10 heteroatoms. The Kier molecular flexibility index (Phi) is 4.10. The van der Waals surface area contributed by atoms with Gasteiger partial charge in [-0.05, 0) is 30.4 Å². The third kappa shape index (κ3) is 2.86. The van der Waals surface area contributed by atoms with Crippen molar-refractivity contribution >= 4 is 51.7 Å². The predicted molar refractivity (Wildman–Crippen MR) is 95.5 cm³/mol. The average Bonchev–Trinajstić information content (AvgIpc) is 3.01. The van der Waals surface area contributed by atoms with Crippen LogP contribution in [-0.4, -0.2) is 37.9 Å². The molecule has 0 radical (unpaired) electrons. The van der Waals surface area contributed by atoms with Crippen molar-refractivity contribution in [3.63, 3.8) is 0 Å². The second kappa shape index (κ2) is 6.16. The Balaban J connectivity index is 1.97. The molecule has 7 nitrogen and oxygen atoms in total. The molecule has 0 bridgehead atoms. The molecule has 1 saturated heterocycles. The molecule has 2 fully saturated rings. The van der Waals surface area contributed by atoms with E-state index in [0.717, 1.165) is 6.42 Å². The van der Waals surface area contributed by atoms with Gasteiger partial charge in [0, 0.05) is 13.1 Å². The Morgan fingerprint density at radius 3 is 2.52 bits per heavy atom. The number of likely N-dealkylation sites (tertiary alicyclic amines) is 1. The molecule has 2 aliphatic rings. The molecule has 1 aliphatic carbocycles. The third-order valence-corrected chi connectivity index (χ3v) is 5.54. The number of benzene rings is 1. The van der Waals surface area contributed by atoms with Gasteiger partial charge in [0.1, 0.15) is 10.0 Å². The van der Waals surface area contributed by atoms with Crippen LogP contribution < -0.4 is 0 Å². The maximum absolute atomic E-state index is 11.8. The van der Waals surface area contributed by atoms with Crippen molar-refractivity contribution < 1.29 is 4.92 Å². The minimum atomic E-state index is -0.581. The van der Waals surface area contributed by atoms with Crippen LogP contribution in [0.4, 0.5) is 0 Å². The maximum atomic E-state index is 11.8. The van der Waals surface area contributed by atoms with Crippen LogP contribution >= 0.6 is 34.8 Å². The lowest BCUT2D eigenvalue weighted by molar-refractivity contribution is -0.419. The molecule has 2 heterocycles. The molecule has 1 saturated carbocycles. The molecule has 130 valence electrons. The number of hydrogen-bond acceptors (Lipinski definition) is 5. The quantitative estimate of drug-likeness (QED) is 0.444. The van der Waals surface area contributed by atoms with E-state index in [2.05, 4.69) is 10.3 Å². The lowest BCUT2D eigenvalue weighted by Gasteiger charge is -2.23. The standard InChI is InChI=1S/C15H12Cl3N5O2/c16-12(14(17)18)13(23(24)25)15(21-6-8-5-9(8)7-21)22-11-4-2-1-3-10(11)19-20-22/h1-4,8-9H,5-7H2/b15-13-/t8-,9+. The van der Waals surface area contributed by atoms with Gasteiger partial charge in [0.05, 0.1) is 10.4 Å². The fraction of sp³-hybridized carbons (Fsp3) is 0.333. The van der Waals surface area contributed by atoms with Crippen molar-refractivity contribution in [2.24, 2.45) is 11.8 Å². The van der Waals surface area contributed by atoms with Crippen LogP contribution in [0.15, 0.2) is 39.5 Å². The molecule has 0 amide bonds. The Morgan fingerprint density at radius 2 is 1.88 bits per heavy atom. The van der Waals surface area contributed by atoms with Crippen molar-refractivity contribution in [1.82, 2.24) is 19.9 Å². The van der Waals surface area contributed by atoms with E-state index in [1.165, 1.54) is 4.68 Å². The number of rotatable bonds is 4. The zero-order valence-corrected chi connectivity index (χ0v) is 15.0. The average molecular weight is 401 g/mol. The van der Waals surface area contributed by atoms with Gasteiger partial charge in [-0.1, -0.05) is 52.1 Å². The molecular weight excluding hydrogens is 389 g/mol. The van der Waals surface area contributed by atoms with Gasteiger partial charge in [-0.15, -0.1) is 5.10 Å². The summed E-state index contributed by atoms with van der Waals surface area (Å²) in [5, 5.41) is 19.7. The van der Waals surface area contributed by atoms with E-state index < -0.39 is 4.92 Å². The predicted octanol–water partition coefficient (Wildman–Crippen LogP) is 3.67. The monoisotopic (exact) mass is 399 g/mol. The van der Waals surface area contributed by atoms with E-state index in [1.54, 1.807) is 12.1 Å². The van der Waals surface area contributed by atoms with Crippen LogP contribution in [-0.2, 0) is 0 Å². The van der Waals surface area contributed by atoms with E-state index >= 15 is 0 Å². The summed E-state index contributed by atoms with van der Waals surface area (Å²) in [5.41, 5.74) is 0.898. The van der Waals surface area contributed by atoms with Crippen LogP contribution in [0.25, 0.3) is 16.9 Å². The minimum Gasteiger partial charge on any atom is -0.350 e. The molecule has 0 unspecified atom stereocenters. The molecule has 2 atom stereocenters. The van der Waals surface area contributed by atoms with E-state index in [-0.39, 0.29) is 21.0 Å². The number of halogens is 3. The highest BCUT2D eigenvalue weighted by atomic mass is 35.5. The number of nitrogens with zero attached hydrogens (tertiary/aromatic N) is 5. The number of piperidine rings is 1. The first kappa shape index (κ1) is 16.6. The van der Waals surface area contributed by atoms with Gasteiger partial charge in [-0.25, -0.2) is 0 Å². The second-order valence-corrected chi connectivity index (χ2v) is 7.48. The third-order valence-electron chi connectivity index (χ3n) is 4.60.